The fourth-order valence-corrected chi connectivity index (χ4v) is 2.17. The van der Waals surface area contributed by atoms with E-state index < -0.39 is 0 Å². The predicted molar refractivity (Wildman–Crippen MR) is 63.4 cm³/mol. The fraction of sp³-hybridized carbons (Fsp3) is 0.400. The lowest BCUT2D eigenvalue weighted by Gasteiger charge is -2.07. The van der Waals surface area contributed by atoms with Gasteiger partial charge in [0, 0.05) is 17.3 Å². The lowest BCUT2D eigenvalue weighted by Crippen LogP contribution is -2.02. The van der Waals surface area contributed by atoms with Gasteiger partial charge in [-0.2, -0.15) is 0 Å². The van der Waals surface area contributed by atoms with Crippen LogP contribution in [0.1, 0.15) is 6.92 Å². The van der Waals surface area contributed by atoms with Crippen molar-refractivity contribution in [2.75, 3.05) is 12.4 Å². The lowest BCUT2D eigenvalue weighted by atomic mass is 10.2. The molecule has 1 aromatic rings. The number of rotatable bonds is 4. The van der Waals surface area contributed by atoms with Gasteiger partial charge in [0.05, 0.1) is 10.0 Å². The topological polar surface area (TPSA) is 20.2 Å². The zero-order valence-corrected chi connectivity index (χ0v) is 10.2. The number of hydrogen-bond donors (Lipinski definition) is 1. The molecule has 0 spiro atoms. The second-order valence-electron chi connectivity index (χ2n) is 3.17. The number of hydrogen-bond acceptors (Lipinski definition) is 2. The van der Waals surface area contributed by atoms with Gasteiger partial charge in [-0.25, -0.2) is 0 Å². The molecule has 0 radical (unpaired) electrons. The molecule has 0 aromatic heterocycles. The maximum Gasteiger partial charge on any atom is 0.0603 e. The van der Waals surface area contributed by atoms with E-state index in [1.165, 1.54) is 0 Å². The van der Waals surface area contributed by atoms with E-state index in [4.69, 9.17) is 28.3 Å². The van der Waals surface area contributed by atoms with Gasteiger partial charge in [-0.3, -0.25) is 0 Å². The summed E-state index contributed by atoms with van der Waals surface area (Å²) in [7, 11) is 0. The monoisotopic (exact) mass is 250 g/mol. The maximum absolute atomic E-state index is 8.85. The summed E-state index contributed by atoms with van der Waals surface area (Å²) in [5, 5.41) is 10.0. The van der Waals surface area contributed by atoms with Crippen LogP contribution in [-0.4, -0.2) is 17.5 Å². The summed E-state index contributed by atoms with van der Waals surface area (Å²) in [6.07, 6.45) is 0. The average molecular weight is 251 g/mol. The molecule has 1 aromatic carbocycles. The number of thioether (sulfide) groups is 1. The van der Waals surface area contributed by atoms with Crippen molar-refractivity contribution < 1.29 is 5.11 Å². The third kappa shape index (κ3) is 3.70. The molecular formula is C10H12Cl2OS. The molecule has 0 aliphatic carbocycles. The first-order valence-electron chi connectivity index (χ1n) is 4.32. The van der Waals surface area contributed by atoms with Crippen LogP contribution >= 0.6 is 35.0 Å². The Labute approximate surface area is 98.4 Å². The van der Waals surface area contributed by atoms with Crippen LogP contribution in [0.2, 0.25) is 10.0 Å². The quantitative estimate of drug-likeness (QED) is 0.823. The van der Waals surface area contributed by atoms with Crippen molar-refractivity contribution in [3.8, 4) is 0 Å². The van der Waals surface area contributed by atoms with Gasteiger partial charge in [-0.1, -0.05) is 30.1 Å². The first kappa shape index (κ1) is 12.2. The fourth-order valence-electron chi connectivity index (χ4n) is 0.858. The number of aliphatic hydroxyl groups excluding tert-OH is 1. The van der Waals surface area contributed by atoms with Crippen molar-refractivity contribution in [1.82, 2.24) is 0 Å². The minimum Gasteiger partial charge on any atom is -0.396 e. The Hall–Kier alpha value is 0.110. The van der Waals surface area contributed by atoms with Crippen molar-refractivity contribution in [2.45, 2.75) is 11.8 Å². The zero-order valence-electron chi connectivity index (χ0n) is 7.84. The first-order valence-corrected chi connectivity index (χ1v) is 6.06. The number of halogens is 2. The van der Waals surface area contributed by atoms with E-state index in [9.17, 15) is 0 Å². The van der Waals surface area contributed by atoms with Crippen LogP contribution in [0.25, 0.3) is 0 Å². The maximum atomic E-state index is 8.85. The second kappa shape index (κ2) is 5.86. The van der Waals surface area contributed by atoms with E-state index in [0.717, 1.165) is 10.6 Å². The summed E-state index contributed by atoms with van der Waals surface area (Å²) in [4.78, 5) is 1.08. The standard InChI is InChI=1S/C10H12Cl2OS/c1-7(5-13)6-14-8-2-3-9(11)10(12)4-8/h2-4,7,13H,5-6H2,1H3. The van der Waals surface area contributed by atoms with Crippen LogP contribution in [-0.2, 0) is 0 Å². The summed E-state index contributed by atoms with van der Waals surface area (Å²) >= 11 is 13.3. The molecule has 0 bridgehead atoms. The molecule has 14 heavy (non-hydrogen) atoms. The molecule has 0 aliphatic heterocycles. The van der Waals surface area contributed by atoms with Crippen molar-refractivity contribution in [2.24, 2.45) is 5.92 Å². The average Bonchev–Trinajstić information content (AvgIpc) is 2.19. The van der Waals surface area contributed by atoms with E-state index in [2.05, 4.69) is 0 Å². The minimum atomic E-state index is 0.217. The van der Waals surface area contributed by atoms with Crippen molar-refractivity contribution >= 4 is 35.0 Å². The zero-order chi connectivity index (χ0) is 10.6. The largest absolute Gasteiger partial charge is 0.396 e. The van der Waals surface area contributed by atoms with E-state index in [1.54, 1.807) is 17.8 Å². The lowest BCUT2D eigenvalue weighted by molar-refractivity contribution is 0.250. The minimum absolute atomic E-state index is 0.217. The van der Waals surface area contributed by atoms with Gasteiger partial charge >= 0.3 is 0 Å². The summed E-state index contributed by atoms with van der Waals surface area (Å²) < 4.78 is 0. The molecule has 0 heterocycles. The predicted octanol–water partition coefficient (Wildman–Crippen LogP) is 3.71. The van der Waals surface area contributed by atoms with E-state index in [-0.39, 0.29) is 6.61 Å². The highest BCUT2D eigenvalue weighted by atomic mass is 35.5. The van der Waals surface area contributed by atoms with Gasteiger partial charge < -0.3 is 5.11 Å². The molecule has 0 fully saturated rings. The van der Waals surface area contributed by atoms with Gasteiger partial charge in [-0.05, 0) is 24.1 Å². The molecule has 78 valence electrons. The van der Waals surface area contributed by atoms with Crippen LogP contribution in [0.5, 0.6) is 0 Å². The van der Waals surface area contributed by atoms with Gasteiger partial charge in [0.15, 0.2) is 0 Å². The summed E-state index contributed by atoms with van der Waals surface area (Å²) in [5.41, 5.74) is 0. The van der Waals surface area contributed by atoms with Gasteiger partial charge in [0.1, 0.15) is 0 Å². The number of benzene rings is 1. The molecular weight excluding hydrogens is 239 g/mol. The van der Waals surface area contributed by atoms with E-state index >= 15 is 0 Å². The van der Waals surface area contributed by atoms with Gasteiger partial charge in [0.25, 0.3) is 0 Å². The third-order valence-electron chi connectivity index (χ3n) is 1.74. The smallest absolute Gasteiger partial charge is 0.0603 e. The Morgan fingerprint density at radius 2 is 2.07 bits per heavy atom. The van der Waals surface area contributed by atoms with Crippen molar-refractivity contribution in [3.05, 3.63) is 28.2 Å². The highest BCUT2D eigenvalue weighted by molar-refractivity contribution is 7.99. The van der Waals surface area contributed by atoms with Crippen LogP contribution < -0.4 is 0 Å². The molecule has 0 amide bonds. The van der Waals surface area contributed by atoms with Gasteiger partial charge in [0.2, 0.25) is 0 Å². The molecule has 0 saturated heterocycles. The molecule has 4 heteroatoms. The molecule has 1 unspecified atom stereocenters. The number of aliphatic hydroxyl groups is 1. The Bertz CT molecular complexity index is 304. The first-order chi connectivity index (χ1) is 6.63. The second-order valence-corrected chi connectivity index (χ2v) is 5.08. The van der Waals surface area contributed by atoms with E-state index in [0.29, 0.717) is 16.0 Å². The normalized spacial score (nSPS) is 12.9. The molecule has 0 aliphatic rings. The molecule has 1 rings (SSSR count). The van der Waals surface area contributed by atoms with E-state index in [1.807, 2.05) is 19.1 Å². The summed E-state index contributed by atoms with van der Waals surface area (Å²) in [5.74, 6) is 1.18. The molecule has 0 saturated carbocycles. The molecule has 1 atom stereocenters. The van der Waals surface area contributed by atoms with Crippen LogP contribution in [0, 0.1) is 5.92 Å². The Balaban J connectivity index is 2.55. The highest BCUT2D eigenvalue weighted by Crippen LogP contribution is 2.28. The Kier molecular flexibility index (Phi) is 5.10. The SMILES string of the molecule is CC(CO)CSc1ccc(Cl)c(Cl)c1. The Morgan fingerprint density at radius 3 is 2.64 bits per heavy atom. The highest BCUT2D eigenvalue weighted by Gasteiger charge is 2.03. The summed E-state index contributed by atoms with van der Waals surface area (Å²) in [6, 6.07) is 5.57. The van der Waals surface area contributed by atoms with Gasteiger partial charge in [-0.15, -0.1) is 11.8 Å². The van der Waals surface area contributed by atoms with Crippen LogP contribution in [0.15, 0.2) is 23.1 Å². The molecule has 1 N–H and O–H groups in total. The van der Waals surface area contributed by atoms with Crippen LogP contribution in [0.4, 0.5) is 0 Å². The third-order valence-corrected chi connectivity index (χ3v) is 3.80. The van der Waals surface area contributed by atoms with Crippen molar-refractivity contribution in [1.29, 1.82) is 0 Å². The van der Waals surface area contributed by atoms with Crippen LogP contribution in [0.3, 0.4) is 0 Å². The van der Waals surface area contributed by atoms with Crippen molar-refractivity contribution in [3.63, 3.8) is 0 Å². The molecule has 1 nitrogen and oxygen atoms in total. The summed E-state index contributed by atoms with van der Waals surface area (Å²) in [6.45, 7) is 2.22. The Morgan fingerprint density at radius 1 is 1.36 bits per heavy atom.